The Morgan fingerprint density at radius 2 is 2.15 bits per heavy atom. The van der Waals surface area contributed by atoms with Gasteiger partial charge in [0.15, 0.2) is 11.5 Å². The van der Waals surface area contributed by atoms with E-state index in [9.17, 15) is 0 Å². The molecule has 0 N–H and O–H groups in total. The highest BCUT2D eigenvalue weighted by Gasteiger charge is 2.17. The maximum atomic E-state index is 5.41. The quantitative estimate of drug-likeness (QED) is 0.693. The third kappa shape index (κ3) is 1.62. The van der Waals surface area contributed by atoms with Gasteiger partial charge in [0.05, 0.1) is 0 Å². The summed E-state index contributed by atoms with van der Waals surface area (Å²) in [6, 6.07) is 6.07. The van der Waals surface area contributed by atoms with E-state index in [4.69, 9.17) is 9.47 Å². The Bertz CT molecular complexity index is 305. The molecule has 0 saturated heterocycles. The van der Waals surface area contributed by atoms with E-state index in [1.54, 1.807) is 0 Å². The first-order valence-corrected chi connectivity index (χ1v) is 4.65. The van der Waals surface area contributed by atoms with Gasteiger partial charge < -0.3 is 9.47 Å². The van der Waals surface area contributed by atoms with Gasteiger partial charge in [0, 0.05) is 0 Å². The van der Waals surface area contributed by atoms with Crippen LogP contribution < -0.4 is 9.47 Å². The van der Waals surface area contributed by atoms with E-state index >= 15 is 0 Å². The van der Waals surface area contributed by atoms with Crippen LogP contribution in [0.15, 0.2) is 18.2 Å². The molecule has 0 amide bonds. The SMILES string of the molecule is CC(C)Cc1cccc2c1OCO2. The maximum Gasteiger partial charge on any atom is 0.231 e. The van der Waals surface area contributed by atoms with Crippen LogP contribution in [0, 0.1) is 5.92 Å². The average Bonchev–Trinajstić information content (AvgIpc) is 2.51. The third-order valence-electron chi connectivity index (χ3n) is 2.11. The van der Waals surface area contributed by atoms with Crippen molar-refractivity contribution in [3.63, 3.8) is 0 Å². The van der Waals surface area contributed by atoms with Crippen LogP contribution in [0.5, 0.6) is 11.5 Å². The molecule has 0 fully saturated rings. The molecule has 70 valence electrons. The van der Waals surface area contributed by atoms with Crippen LogP contribution in [0.25, 0.3) is 0 Å². The molecule has 1 aliphatic heterocycles. The van der Waals surface area contributed by atoms with E-state index < -0.39 is 0 Å². The zero-order chi connectivity index (χ0) is 9.26. The van der Waals surface area contributed by atoms with Crippen LogP contribution in [0.2, 0.25) is 0 Å². The molecule has 1 aliphatic rings. The first kappa shape index (κ1) is 8.42. The Morgan fingerprint density at radius 1 is 1.31 bits per heavy atom. The predicted octanol–water partition coefficient (Wildman–Crippen LogP) is 2.61. The summed E-state index contributed by atoms with van der Waals surface area (Å²) in [6.07, 6.45) is 1.05. The normalized spacial score (nSPS) is 13.8. The second kappa shape index (κ2) is 3.29. The van der Waals surface area contributed by atoms with E-state index in [0.29, 0.717) is 12.7 Å². The van der Waals surface area contributed by atoms with E-state index in [1.807, 2.05) is 12.1 Å². The van der Waals surface area contributed by atoms with Crippen molar-refractivity contribution in [1.29, 1.82) is 0 Å². The number of rotatable bonds is 2. The van der Waals surface area contributed by atoms with Gasteiger partial charge in [0.2, 0.25) is 6.79 Å². The molecular formula is C11H14O2. The number of benzene rings is 1. The van der Waals surface area contributed by atoms with Crippen molar-refractivity contribution in [2.75, 3.05) is 6.79 Å². The van der Waals surface area contributed by atoms with Gasteiger partial charge in [0.1, 0.15) is 0 Å². The van der Waals surface area contributed by atoms with Gasteiger partial charge in [-0.2, -0.15) is 0 Å². The highest BCUT2D eigenvalue weighted by atomic mass is 16.7. The predicted molar refractivity (Wildman–Crippen MR) is 51.1 cm³/mol. The van der Waals surface area contributed by atoms with Gasteiger partial charge in [-0.25, -0.2) is 0 Å². The summed E-state index contributed by atoms with van der Waals surface area (Å²) in [5, 5.41) is 0. The molecule has 2 rings (SSSR count). The average molecular weight is 178 g/mol. The molecule has 1 aromatic carbocycles. The summed E-state index contributed by atoms with van der Waals surface area (Å²) in [5.74, 6) is 2.48. The number of fused-ring (bicyclic) bond motifs is 1. The van der Waals surface area contributed by atoms with E-state index in [0.717, 1.165) is 17.9 Å². The highest BCUT2D eigenvalue weighted by molar-refractivity contribution is 5.48. The fourth-order valence-electron chi connectivity index (χ4n) is 1.59. The second-order valence-corrected chi connectivity index (χ2v) is 3.75. The molecule has 0 bridgehead atoms. The zero-order valence-electron chi connectivity index (χ0n) is 8.04. The summed E-state index contributed by atoms with van der Waals surface area (Å²) in [5.41, 5.74) is 1.25. The van der Waals surface area contributed by atoms with Gasteiger partial charge in [-0.1, -0.05) is 26.0 Å². The summed E-state index contributed by atoms with van der Waals surface area (Å²) in [6.45, 7) is 4.77. The van der Waals surface area contributed by atoms with Crippen molar-refractivity contribution >= 4 is 0 Å². The van der Waals surface area contributed by atoms with Crippen molar-refractivity contribution in [2.24, 2.45) is 5.92 Å². The number of para-hydroxylation sites is 1. The highest BCUT2D eigenvalue weighted by Crippen LogP contribution is 2.36. The van der Waals surface area contributed by atoms with Gasteiger partial charge in [-0.15, -0.1) is 0 Å². The fraction of sp³-hybridized carbons (Fsp3) is 0.455. The Morgan fingerprint density at radius 3 is 2.92 bits per heavy atom. The van der Waals surface area contributed by atoms with Gasteiger partial charge in [0.25, 0.3) is 0 Å². The first-order valence-electron chi connectivity index (χ1n) is 4.65. The van der Waals surface area contributed by atoms with Gasteiger partial charge in [-0.3, -0.25) is 0 Å². The minimum absolute atomic E-state index is 0.366. The maximum absolute atomic E-state index is 5.41. The summed E-state index contributed by atoms with van der Waals surface area (Å²) in [4.78, 5) is 0. The van der Waals surface area contributed by atoms with Crippen molar-refractivity contribution < 1.29 is 9.47 Å². The van der Waals surface area contributed by atoms with E-state index in [-0.39, 0.29) is 0 Å². The summed E-state index contributed by atoms with van der Waals surface area (Å²) in [7, 11) is 0. The standard InChI is InChI=1S/C11H14O2/c1-8(2)6-9-4-3-5-10-11(9)13-7-12-10/h3-5,8H,6-7H2,1-2H3. The number of ether oxygens (including phenoxy) is 2. The van der Waals surface area contributed by atoms with Crippen molar-refractivity contribution in [2.45, 2.75) is 20.3 Å². The topological polar surface area (TPSA) is 18.5 Å². The molecule has 2 nitrogen and oxygen atoms in total. The van der Waals surface area contributed by atoms with Crippen molar-refractivity contribution in [1.82, 2.24) is 0 Å². The van der Waals surface area contributed by atoms with Crippen molar-refractivity contribution in [3.8, 4) is 11.5 Å². The molecule has 0 atom stereocenters. The molecular weight excluding hydrogens is 164 g/mol. The Labute approximate surface area is 78.5 Å². The van der Waals surface area contributed by atoms with Crippen LogP contribution >= 0.6 is 0 Å². The molecule has 13 heavy (non-hydrogen) atoms. The zero-order valence-corrected chi connectivity index (χ0v) is 8.04. The lowest BCUT2D eigenvalue weighted by Gasteiger charge is -2.07. The molecule has 1 heterocycles. The lowest BCUT2D eigenvalue weighted by Crippen LogP contribution is -1.97. The molecule has 0 radical (unpaired) electrons. The molecule has 1 aromatic rings. The Balaban J connectivity index is 2.30. The van der Waals surface area contributed by atoms with Crippen LogP contribution in [-0.2, 0) is 6.42 Å². The smallest absolute Gasteiger partial charge is 0.231 e. The fourth-order valence-corrected chi connectivity index (χ4v) is 1.59. The number of hydrogen-bond acceptors (Lipinski definition) is 2. The lowest BCUT2D eigenvalue weighted by molar-refractivity contribution is 0.173. The van der Waals surface area contributed by atoms with Gasteiger partial charge in [-0.05, 0) is 24.0 Å². The van der Waals surface area contributed by atoms with Crippen LogP contribution in [0.1, 0.15) is 19.4 Å². The van der Waals surface area contributed by atoms with Crippen LogP contribution in [-0.4, -0.2) is 6.79 Å². The van der Waals surface area contributed by atoms with Crippen LogP contribution in [0.3, 0.4) is 0 Å². The Hall–Kier alpha value is -1.18. The van der Waals surface area contributed by atoms with Gasteiger partial charge >= 0.3 is 0 Å². The van der Waals surface area contributed by atoms with E-state index in [1.165, 1.54) is 5.56 Å². The Kier molecular flexibility index (Phi) is 2.13. The molecule has 0 unspecified atom stereocenters. The molecule has 0 aromatic heterocycles. The van der Waals surface area contributed by atoms with Crippen LogP contribution in [0.4, 0.5) is 0 Å². The lowest BCUT2D eigenvalue weighted by atomic mass is 10.0. The molecule has 2 heteroatoms. The largest absolute Gasteiger partial charge is 0.454 e. The van der Waals surface area contributed by atoms with Crippen molar-refractivity contribution in [3.05, 3.63) is 23.8 Å². The molecule has 0 spiro atoms. The number of hydrogen-bond donors (Lipinski definition) is 0. The second-order valence-electron chi connectivity index (χ2n) is 3.75. The molecule has 0 aliphatic carbocycles. The minimum atomic E-state index is 0.366. The third-order valence-corrected chi connectivity index (χ3v) is 2.11. The van der Waals surface area contributed by atoms with E-state index in [2.05, 4.69) is 19.9 Å². The minimum Gasteiger partial charge on any atom is -0.454 e. The monoisotopic (exact) mass is 178 g/mol. The summed E-state index contributed by atoms with van der Waals surface area (Å²) < 4.78 is 10.7. The summed E-state index contributed by atoms with van der Waals surface area (Å²) >= 11 is 0. The first-order chi connectivity index (χ1) is 6.27. The molecule has 0 saturated carbocycles.